The third kappa shape index (κ3) is 3.74. The summed E-state index contributed by atoms with van der Waals surface area (Å²) < 4.78 is 0. The van der Waals surface area contributed by atoms with E-state index in [0.29, 0.717) is 24.2 Å². The van der Waals surface area contributed by atoms with Gasteiger partial charge in [-0.3, -0.25) is 0 Å². The second-order valence-corrected chi connectivity index (χ2v) is 13.1. The molecule has 0 radical (unpaired) electrons. The fourth-order valence-electron chi connectivity index (χ4n) is 8.92. The first-order valence-electron chi connectivity index (χ1n) is 13.1. The van der Waals surface area contributed by atoms with E-state index in [0.717, 1.165) is 36.0 Å². The number of aliphatic hydroxyl groups is 1. The number of hydrogen-bond acceptors (Lipinski definition) is 4. The minimum Gasteiger partial charge on any atom is -0.372 e. The minimum atomic E-state index is -1.52. The summed E-state index contributed by atoms with van der Waals surface area (Å²) in [5.74, 6) is 4.66. The van der Waals surface area contributed by atoms with E-state index in [9.17, 15) is 5.11 Å². The molecule has 3 fully saturated rings. The molecule has 178 valence electrons. The molecule has 0 heterocycles. The van der Waals surface area contributed by atoms with Crippen molar-refractivity contribution in [1.29, 1.82) is 0 Å². The molecule has 0 amide bonds. The fraction of sp³-hybridized carbons (Fsp3) is 0.926. The first kappa shape index (κ1) is 23.7. The number of hydrogen-bond donors (Lipinski definition) is 4. The van der Waals surface area contributed by atoms with Gasteiger partial charge in [0, 0.05) is 6.42 Å². The highest BCUT2D eigenvalue weighted by molar-refractivity contribution is 5.30. The molecule has 4 heteroatoms. The number of rotatable bonds is 5. The van der Waals surface area contributed by atoms with Gasteiger partial charge in [-0.1, -0.05) is 65.5 Å². The Morgan fingerprint density at radius 3 is 2.42 bits per heavy atom. The van der Waals surface area contributed by atoms with E-state index in [4.69, 9.17) is 17.2 Å². The molecule has 3 saturated carbocycles. The van der Waals surface area contributed by atoms with Crippen LogP contribution < -0.4 is 17.2 Å². The molecule has 0 spiro atoms. The van der Waals surface area contributed by atoms with Crippen molar-refractivity contribution in [2.75, 3.05) is 0 Å². The van der Waals surface area contributed by atoms with Crippen LogP contribution in [-0.4, -0.2) is 16.5 Å². The van der Waals surface area contributed by atoms with Gasteiger partial charge in [0.1, 0.15) is 11.4 Å². The van der Waals surface area contributed by atoms with Gasteiger partial charge in [-0.25, -0.2) is 0 Å². The summed E-state index contributed by atoms with van der Waals surface area (Å²) in [4.78, 5) is 0. The molecule has 0 aromatic carbocycles. The van der Waals surface area contributed by atoms with E-state index in [2.05, 4.69) is 40.7 Å². The van der Waals surface area contributed by atoms with Gasteiger partial charge in [0.05, 0.1) is 0 Å². The Labute approximate surface area is 190 Å². The molecule has 8 atom stereocenters. The molecule has 4 aliphatic rings. The van der Waals surface area contributed by atoms with Gasteiger partial charge in [-0.15, -0.1) is 0 Å². The summed E-state index contributed by atoms with van der Waals surface area (Å²) in [6.45, 7) is 12.2. The number of nitrogens with two attached hydrogens (primary N) is 3. The summed E-state index contributed by atoms with van der Waals surface area (Å²) in [6.07, 6.45) is 14.1. The van der Waals surface area contributed by atoms with Gasteiger partial charge >= 0.3 is 0 Å². The van der Waals surface area contributed by atoms with Gasteiger partial charge in [0.2, 0.25) is 0 Å². The van der Waals surface area contributed by atoms with E-state index in [-0.39, 0.29) is 5.41 Å². The van der Waals surface area contributed by atoms with Gasteiger partial charge in [0.25, 0.3) is 0 Å². The fourth-order valence-corrected chi connectivity index (χ4v) is 8.92. The molecule has 4 nitrogen and oxygen atoms in total. The highest BCUT2D eigenvalue weighted by Crippen LogP contribution is 2.67. The first-order chi connectivity index (χ1) is 14.3. The van der Waals surface area contributed by atoms with E-state index >= 15 is 0 Å². The minimum absolute atomic E-state index is 0.0275. The smallest absolute Gasteiger partial charge is 0.148 e. The molecule has 7 N–H and O–H groups in total. The molecule has 0 bridgehead atoms. The average Bonchev–Trinajstić information content (AvgIpc) is 2.99. The van der Waals surface area contributed by atoms with Crippen molar-refractivity contribution in [3.05, 3.63) is 11.6 Å². The van der Waals surface area contributed by atoms with Crippen molar-refractivity contribution in [3.8, 4) is 0 Å². The predicted molar refractivity (Wildman–Crippen MR) is 129 cm³/mol. The number of fused-ring (bicyclic) bond motifs is 5. The number of allylic oxidation sites excluding steroid dienone is 1. The van der Waals surface area contributed by atoms with Crippen LogP contribution in [0.3, 0.4) is 0 Å². The summed E-state index contributed by atoms with van der Waals surface area (Å²) in [5.41, 5.74) is 18.0. The SMILES string of the molecule is CC(C)CCC[C@@H](C)[C@H]1CC[C@H]2[C@@H]3CC=C4CC(N)(O)C(N)(N)C[C@]4(C)[C@H]3CC[C@]12C. The molecule has 4 aliphatic carbocycles. The lowest BCUT2D eigenvalue weighted by molar-refractivity contribution is -0.109. The predicted octanol–water partition coefficient (Wildman–Crippen LogP) is 4.90. The quantitative estimate of drug-likeness (QED) is 0.367. The maximum Gasteiger partial charge on any atom is 0.148 e. The average molecular weight is 432 g/mol. The van der Waals surface area contributed by atoms with Crippen LogP contribution in [-0.2, 0) is 0 Å². The lowest BCUT2D eigenvalue weighted by Gasteiger charge is -2.61. The van der Waals surface area contributed by atoms with Crippen LogP contribution in [0.2, 0.25) is 0 Å². The van der Waals surface area contributed by atoms with Crippen LogP contribution >= 0.6 is 0 Å². The van der Waals surface area contributed by atoms with Gasteiger partial charge in [0.15, 0.2) is 0 Å². The molecular formula is C27H49N3O. The molecule has 0 aromatic rings. The highest BCUT2D eigenvalue weighted by Gasteiger charge is 2.62. The van der Waals surface area contributed by atoms with Crippen molar-refractivity contribution in [2.45, 2.75) is 110 Å². The Balaban J connectivity index is 1.54. The Bertz CT molecular complexity index is 713. The van der Waals surface area contributed by atoms with Gasteiger partial charge < -0.3 is 22.3 Å². The zero-order valence-electron chi connectivity index (χ0n) is 20.8. The van der Waals surface area contributed by atoms with Gasteiger partial charge in [-0.2, -0.15) is 0 Å². The molecule has 4 rings (SSSR count). The van der Waals surface area contributed by atoms with Crippen molar-refractivity contribution in [3.63, 3.8) is 0 Å². The summed E-state index contributed by atoms with van der Waals surface area (Å²) in [6, 6.07) is 0. The normalized spacial score (nSPS) is 47.4. The monoisotopic (exact) mass is 431 g/mol. The lowest BCUT2D eigenvalue weighted by Crippen LogP contribution is -2.76. The van der Waals surface area contributed by atoms with E-state index in [1.54, 1.807) is 0 Å². The first-order valence-corrected chi connectivity index (χ1v) is 13.1. The Hall–Kier alpha value is -0.420. The zero-order valence-corrected chi connectivity index (χ0v) is 20.8. The molecule has 1 unspecified atom stereocenters. The molecule has 0 saturated heterocycles. The second kappa shape index (κ2) is 7.82. The molecule has 31 heavy (non-hydrogen) atoms. The Morgan fingerprint density at radius 1 is 1.03 bits per heavy atom. The maximum absolute atomic E-state index is 10.7. The highest BCUT2D eigenvalue weighted by atomic mass is 16.3. The Morgan fingerprint density at radius 2 is 1.74 bits per heavy atom. The topological polar surface area (TPSA) is 98.3 Å². The van der Waals surface area contributed by atoms with Crippen LogP contribution in [0, 0.1) is 46.3 Å². The largest absolute Gasteiger partial charge is 0.372 e. The van der Waals surface area contributed by atoms with Crippen LogP contribution in [0.5, 0.6) is 0 Å². The van der Waals surface area contributed by atoms with Gasteiger partial charge in [-0.05, 0) is 84.9 Å². The van der Waals surface area contributed by atoms with E-state index in [1.165, 1.54) is 50.5 Å². The molecular weight excluding hydrogens is 382 g/mol. The van der Waals surface area contributed by atoms with Crippen molar-refractivity contribution in [1.82, 2.24) is 0 Å². The third-order valence-corrected chi connectivity index (χ3v) is 10.8. The zero-order chi connectivity index (χ0) is 22.8. The summed E-state index contributed by atoms with van der Waals surface area (Å²) in [5, 5.41) is 10.7. The van der Waals surface area contributed by atoms with Crippen molar-refractivity contribution < 1.29 is 5.11 Å². The van der Waals surface area contributed by atoms with Crippen LogP contribution in [0.4, 0.5) is 0 Å². The maximum atomic E-state index is 10.7. The summed E-state index contributed by atoms with van der Waals surface area (Å²) >= 11 is 0. The Kier molecular flexibility index (Phi) is 5.99. The second-order valence-electron chi connectivity index (χ2n) is 13.1. The standard InChI is InChI=1S/C27H49N3O/c1-17(2)7-6-8-18(3)21-11-12-22-20-10-9-19-15-27(30,31)26(28,29)16-25(19,5)23(20)13-14-24(21,22)4/h9,17-18,20-23,31H,6-8,10-16,28-30H2,1-5H3/t18-,20+,21-,22+,23+,24-,25+,27?/m1/s1. The lowest BCUT2D eigenvalue weighted by atomic mass is 9.45. The van der Waals surface area contributed by atoms with Crippen molar-refractivity contribution in [2.24, 2.45) is 63.5 Å². The van der Waals surface area contributed by atoms with Crippen LogP contribution in [0.25, 0.3) is 0 Å². The molecule has 0 aliphatic heterocycles. The van der Waals surface area contributed by atoms with Crippen LogP contribution in [0.15, 0.2) is 11.6 Å². The van der Waals surface area contributed by atoms with E-state index < -0.39 is 11.4 Å². The summed E-state index contributed by atoms with van der Waals surface area (Å²) in [7, 11) is 0. The third-order valence-electron chi connectivity index (χ3n) is 10.8. The van der Waals surface area contributed by atoms with E-state index in [1.807, 2.05) is 0 Å². The molecule has 0 aromatic heterocycles. The van der Waals surface area contributed by atoms with Crippen LogP contribution in [0.1, 0.15) is 98.8 Å². The van der Waals surface area contributed by atoms with Crippen molar-refractivity contribution >= 4 is 0 Å².